The van der Waals surface area contributed by atoms with E-state index >= 15 is 0 Å². The molecule has 290 valence electrons. The number of esters is 2. The van der Waals surface area contributed by atoms with E-state index in [1.165, 1.54) is 17.7 Å². The molecule has 0 aromatic carbocycles. The molecule has 1 aliphatic carbocycles. The van der Waals surface area contributed by atoms with E-state index in [9.17, 15) is 19.2 Å². The molecule has 12 bridgehead atoms. The first-order chi connectivity index (χ1) is 26.9. The Balaban J connectivity index is 1.38. The maximum atomic E-state index is 13.1. The Bertz CT molecular complexity index is 2470. The van der Waals surface area contributed by atoms with Crippen LogP contribution in [0.5, 0.6) is 0 Å². The van der Waals surface area contributed by atoms with Crippen molar-refractivity contribution in [2.75, 3.05) is 13.2 Å². The molecule has 2 N–H and O–H groups in total. The molecule has 3 aromatic rings. The number of carbonyl (C=O) groups is 4. The van der Waals surface area contributed by atoms with Gasteiger partial charge in [-0.05, 0) is 160 Å². The van der Waals surface area contributed by atoms with Crippen LogP contribution in [0.1, 0.15) is 124 Å². The van der Waals surface area contributed by atoms with Crippen molar-refractivity contribution in [3.8, 4) is 0 Å². The Labute approximate surface area is 327 Å². The SMILES string of the molecule is CCC1=C(C)c2cc3nc4cc5[nH]c(cc6[nH]c(cc1n2)c(C)c6CCC(=O)OCCCC1=CC(=O)C(=CC1=O)CCCOC(=O)CCC3=C4C)c(C)c5CC. The van der Waals surface area contributed by atoms with Gasteiger partial charge in [0.2, 0.25) is 0 Å². The molecular weight excluding hydrogens is 705 g/mol. The number of rotatable bonds is 2. The molecule has 0 radical (unpaired) electrons. The van der Waals surface area contributed by atoms with Gasteiger partial charge in [-0.2, -0.15) is 0 Å². The molecule has 0 spiro atoms. The quantitative estimate of drug-likeness (QED) is 0.195. The Hall–Kier alpha value is -5.64. The molecule has 0 fully saturated rings. The van der Waals surface area contributed by atoms with Gasteiger partial charge < -0.3 is 19.4 Å². The first kappa shape index (κ1) is 38.6. The standard InChI is InChI=1S/C46H50N4O6/c1-7-31-25(3)35-23-41-34-14-16-46(54)56-18-10-12-30-20-43(51)29(19-44(30)52)11-9-17-55-45(53)15-13-33-27(5)37(21-39(31)47-35)49-42(33)24-36-26(4)32(8-2)40(48-36)22-38(50-41)28(34)6/h19-24,47,50H,7-18H2,1-6H3. The van der Waals surface area contributed by atoms with Crippen molar-refractivity contribution < 1.29 is 28.7 Å². The average molecular weight is 755 g/mol. The van der Waals surface area contributed by atoms with E-state index in [0.717, 1.165) is 96.7 Å². The highest BCUT2D eigenvalue weighted by Crippen LogP contribution is 2.38. The molecule has 3 aromatic heterocycles. The number of ketones is 2. The predicted molar refractivity (Wildman–Crippen MR) is 219 cm³/mol. The highest BCUT2D eigenvalue weighted by atomic mass is 16.5. The third-order valence-corrected chi connectivity index (χ3v) is 11.6. The van der Waals surface area contributed by atoms with Crippen molar-refractivity contribution in [2.24, 2.45) is 0 Å². The maximum Gasteiger partial charge on any atom is 0.306 e. The lowest BCUT2D eigenvalue weighted by atomic mass is 9.92. The number of allylic oxidation sites excluding steroid dienone is 8. The van der Waals surface area contributed by atoms with E-state index in [-0.39, 0.29) is 49.6 Å². The summed E-state index contributed by atoms with van der Waals surface area (Å²) in [6, 6.07) is 8.38. The second kappa shape index (κ2) is 16.2. The molecule has 10 heteroatoms. The molecule has 0 atom stereocenters. The fraction of sp³-hybridized carbons (Fsp3) is 0.391. The number of ether oxygens (including phenoxy) is 2. The third kappa shape index (κ3) is 7.74. The predicted octanol–water partition coefficient (Wildman–Crippen LogP) is 9.14. The van der Waals surface area contributed by atoms with Gasteiger partial charge >= 0.3 is 11.9 Å². The van der Waals surface area contributed by atoms with Gasteiger partial charge in [0, 0.05) is 46.1 Å². The van der Waals surface area contributed by atoms with Gasteiger partial charge in [0.05, 0.1) is 36.0 Å². The zero-order chi connectivity index (χ0) is 39.7. The fourth-order valence-electron chi connectivity index (χ4n) is 8.29. The van der Waals surface area contributed by atoms with Crippen LogP contribution in [0.25, 0.3) is 44.4 Å². The van der Waals surface area contributed by atoms with Crippen molar-refractivity contribution in [3.63, 3.8) is 0 Å². The van der Waals surface area contributed by atoms with Crippen LogP contribution >= 0.6 is 0 Å². The van der Waals surface area contributed by atoms with Crippen molar-refractivity contribution >= 4 is 67.9 Å². The largest absolute Gasteiger partial charge is 0.466 e. The van der Waals surface area contributed by atoms with Crippen molar-refractivity contribution in [1.29, 1.82) is 0 Å². The second-order valence-electron chi connectivity index (χ2n) is 15.1. The van der Waals surface area contributed by atoms with Crippen LogP contribution in [0.3, 0.4) is 0 Å². The van der Waals surface area contributed by atoms with E-state index < -0.39 is 0 Å². The molecule has 10 rings (SSSR count). The minimum Gasteiger partial charge on any atom is -0.466 e. The Morgan fingerprint density at radius 2 is 1.14 bits per heavy atom. The van der Waals surface area contributed by atoms with Gasteiger partial charge in [0.25, 0.3) is 0 Å². The molecule has 0 saturated carbocycles. The van der Waals surface area contributed by atoms with Gasteiger partial charge in [-0.25, -0.2) is 9.97 Å². The van der Waals surface area contributed by atoms with E-state index in [0.29, 0.717) is 49.7 Å². The summed E-state index contributed by atoms with van der Waals surface area (Å²) in [7, 11) is 0. The first-order valence-electron chi connectivity index (χ1n) is 19.9. The lowest BCUT2D eigenvalue weighted by Gasteiger charge is -2.13. The lowest BCUT2D eigenvalue weighted by Crippen LogP contribution is -2.15. The molecule has 9 heterocycles. The zero-order valence-electron chi connectivity index (χ0n) is 33.3. The normalized spacial score (nSPS) is 17.8. The summed E-state index contributed by atoms with van der Waals surface area (Å²) < 4.78 is 11.2. The van der Waals surface area contributed by atoms with Crippen LogP contribution in [-0.4, -0.2) is 56.7 Å². The smallest absolute Gasteiger partial charge is 0.306 e. The van der Waals surface area contributed by atoms with Crippen molar-refractivity contribution in [2.45, 2.75) is 106 Å². The molecule has 6 aliphatic heterocycles. The Kier molecular flexibility index (Phi) is 11.2. The topological polar surface area (TPSA) is 144 Å². The second-order valence-corrected chi connectivity index (χ2v) is 15.1. The van der Waals surface area contributed by atoms with E-state index in [1.54, 1.807) is 0 Å². The number of nitrogens with zero attached hydrogens (tertiary/aromatic N) is 2. The van der Waals surface area contributed by atoms with Gasteiger partial charge in [-0.1, -0.05) is 13.8 Å². The van der Waals surface area contributed by atoms with E-state index in [1.807, 2.05) is 6.07 Å². The number of aromatic amines is 2. The van der Waals surface area contributed by atoms with Crippen molar-refractivity contribution in [1.82, 2.24) is 19.9 Å². The molecule has 7 aliphatic rings. The fourth-order valence-corrected chi connectivity index (χ4v) is 8.29. The first-order valence-corrected chi connectivity index (χ1v) is 19.9. The van der Waals surface area contributed by atoms with Gasteiger partial charge in [0.1, 0.15) is 0 Å². The summed E-state index contributed by atoms with van der Waals surface area (Å²) in [5, 5.41) is 0. The maximum absolute atomic E-state index is 13.1. The minimum atomic E-state index is -0.336. The molecule has 0 amide bonds. The number of hydrogen-bond donors (Lipinski definition) is 2. The van der Waals surface area contributed by atoms with Gasteiger partial charge in [0.15, 0.2) is 11.6 Å². The highest BCUT2D eigenvalue weighted by molar-refractivity contribution is 6.19. The Morgan fingerprint density at radius 3 is 1.79 bits per heavy atom. The molecular formula is C46H50N4O6. The molecule has 56 heavy (non-hydrogen) atoms. The number of carbonyl (C=O) groups excluding carboxylic acids is 4. The number of aryl methyl sites for hydroxylation is 4. The summed E-state index contributed by atoms with van der Waals surface area (Å²) in [6.45, 7) is 12.9. The number of hydrogen-bond acceptors (Lipinski definition) is 8. The van der Waals surface area contributed by atoms with Gasteiger partial charge in [-0.15, -0.1) is 0 Å². The number of H-pyrrole nitrogens is 2. The lowest BCUT2D eigenvalue weighted by molar-refractivity contribution is -0.144. The summed E-state index contributed by atoms with van der Waals surface area (Å²) >= 11 is 0. The summed E-state index contributed by atoms with van der Waals surface area (Å²) in [6.07, 6.45) is 7.15. The monoisotopic (exact) mass is 754 g/mol. The molecule has 0 unspecified atom stereocenters. The van der Waals surface area contributed by atoms with Crippen LogP contribution < -0.4 is 0 Å². The van der Waals surface area contributed by atoms with E-state index in [2.05, 4.69) is 69.7 Å². The van der Waals surface area contributed by atoms with Crippen LogP contribution in [0.2, 0.25) is 0 Å². The number of aromatic nitrogens is 4. The summed E-state index contributed by atoms with van der Waals surface area (Å²) in [5.41, 5.74) is 16.5. The van der Waals surface area contributed by atoms with Crippen LogP contribution in [-0.2, 0) is 41.5 Å². The van der Waals surface area contributed by atoms with Crippen molar-refractivity contribution in [3.05, 3.63) is 92.6 Å². The summed E-state index contributed by atoms with van der Waals surface area (Å²) in [5.74, 6) is -1.08. The van der Waals surface area contributed by atoms with Crippen LogP contribution in [0.4, 0.5) is 0 Å². The average Bonchev–Trinajstić information content (AvgIpc) is 3.83. The minimum absolute atomic E-state index is 0.139. The Morgan fingerprint density at radius 1 is 0.571 bits per heavy atom. The van der Waals surface area contributed by atoms with Crippen LogP contribution in [0.15, 0.2) is 47.6 Å². The van der Waals surface area contributed by atoms with Gasteiger partial charge in [-0.3, -0.25) is 19.2 Å². The molecule has 10 nitrogen and oxygen atoms in total. The highest BCUT2D eigenvalue weighted by Gasteiger charge is 2.24. The van der Waals surface area contributed by atoms with E-state index in [4.69, 9.17) is 19.4 Å². The third-order valence-electron chi connectivity index (χ3n) is 11.6. The summed E-state index contributed by atoms with van der Waals surface area (Å²) in [4.78, 5) is 69.6. The number of nitrogens with one attached hydrogen (secondary N) is 2. The van der Waals surface area contributed by atoms with Crippen LogP contribution in [0, 0.1) is 13.8 Å². The zero-order valence-corrected chi connectivity index (χ0v) is 33.3. The molecule has 0 saturated heterocycles.